The summed E-state index contributed by atoms with van der Waals surface area (Å²) in [6.45, 7) is 8.45. The van der Waals surface area contributed by atoms with E-state index in [0.717, 1.165) is 6.42 Å². The highest BCUT2D eigenvalue weighted by molar-refractivity contribution is 7.89. The van der Waals surface area contributed by atoms with Gasteiger partial charge in [-0.15, -0.1) is 11.3 Å². The summed E-state index contributed by atoms with van der Waals surface area (Å²) >= 11 is 1.18. The number of anilines is 1. The lowest BCUT2D eigenvalue weighted by Crippen LogP contribution is -2.49. The number of likely N-dealkylation sites (tertiary alicyclic amines) is 1. The smallest absolute Gasteiger partial charge is 0.263 e. The Morgan fingerprint density at radius 2 is 1.70 bits per heavy atom. The van der Waals surface area contributed by atoms with E-state index in [9.17, 15) is 18.0 Å². The number of piperazine rings is 1. The molecule has 198 valence electrons. The van der Waals surface area contributed by atoms with Gasteiger partial charge in [-0.1, -0.05) is 13.8 Å². The van der Waals surface area contributed by atoms with Crippen LogP contribution in [0.5, 0.6) is 0 Å². The van der Waals surface area contributed by atoms with E-state index in [4.69, 9.17) is 0 Å². The monoisotopic (exact) mass is 545 g/mol. The van der Waals surface area contributed by atoms with Gasteiger partial charge in [0.05, 0.1) is 11.7 Å². The van der Waals surface area contributed by atoms with Crippen molar-refractivity contribution in [1.82, 2.24) is 28.7 Å². The molecule has 0 aromatic carbocycles. The Labute approximate surface area is 219 Å². The molecule has 2 fully saturated rings. The highest BCUT2D eigenvalue weighted by Gasteiger charge is 2.34. The Hall–Kier alpha value is -2.90. The zero-order chi connectivity index (χ0) is 26.3. The largest absolute Gasteiger partial charge is 0.341 e. The van der Waals surface area contributed by atoms with E-state index in [-0.39, 0.29) is 35.8 Å². The summed E-state index contributed by atoms with van der Waals surface area (Å²) in [7, 11) is -3.96. The van der Waals surface area contributed by atoms with Crippen molar-refractivity contribution < 1.29 is 13.2 Å². The van der Waals surface area contributed by atoms with E-state index in [1.54, 1.807) is 30.3 Å². The van der Waals surface area contributed by atoms with Crippen molar-refractivity contribution in [2.24, 2.45) is 11.8 Å². The van der Waals surface area contributed by atoms with E-state index < -0.39 is 15.6 Å². The first-order chi connectivity index (χ1) is 17.6. The number of rotatable bonds is 5. The maximum absolute atomic E-state index is 13.8. The average Bonchev–Trinajstić information content (AvgIpc) is 3.23. The van der Waals surface area contributed by atoms with Gasteiger partial charge in [0.25, 0.3) is 5.56 Å². The number of fused-ring (bicyclic) bond motifs is 1. The summed E-state index contributed by atoms with van der Waals surface area (Å²) in [5.41, 5.74) is -0.504. The highest BCUT2D eigenvalue weighted by Crippen LogP contribution is 2.33. The van der Waals surface area contributed by atoms with Crippen LogP contribution in [0, 0.1) is 18.8 Å². The number of hydrogen-bond donors (Lipinski definition) is 0. The number of aromatic nitrogens is 4. The molecule has 0 N–H and O–H groups in total. The van der Waals surface area contributed by atoms with Crippen LogP contribution in [0.15, 0.2) is 34.5 Å². The molecule has 37 heavy (non-hydrogen) atoms. The van der Waals surface area contributed by atoms with Crippen LogP contribution < -0.4 is 10.5 Å². The number of hydrogen-bond acceptors (Lipinski definition) is 9. The molecule has 2 aliphatic rings. The lowest BCUT2D eigenvalue weighted by molar-refractivity contribution is -0.134. The number of sulfonamides is 1. The van der Waals surface area contributed by atoms with Crippen LogP contribution in [0.2, 0.25) is 0 Å². The Balaban J connectivity index is 1.41. The van der Waals surface area contributed by atoms with Gasteiger partial charge >= 0.3 is 0 Å². The van der Waals surface area contributed by atoms with Crippen LogP contribution in [-0.2, 0) is 21.4 Å². The van der Waals surface area contributed by atoms with Crippen LogP contribution in [0.25, 0.3) is 10.2 Å². The molecule has 2 saturated heterocycles. The number of piperidine rings is 1. The third kappa shape index (κ3) is 4.99. The molecule has 13 heteroatoms. The molecule has 0 radical (unpaired) electrons. The fourth-order valence-electron chi connectivity index (χ4n) is 5.36. The third-order valence-corrected chi connectivity index (χ3v) is 10.2. The molecule has 5 heterocycles. The minimum absolute atomic E-state index is 0.00331. The Morgan fingerprint density at radius 3 is 2.35 bits per heavy atom. The molecule has 5 rings (SSSR count). The van der Waals surface area contributed by atoms with Gasteiger partial charge in [0.15, 0.2) is 0 Å². The maximum Gasteiger partial charge on any atom is 0.263 e. The van der Waals surface area contributed by atoms with E-state index in [0.29, 0.717) is 53.7 Å². The predicted molar refractivity (Wildman–Crippen MR) is 141 cm³/mol. The first-order valence-electron chi connectivity index (χ1n) is 12.4. The minimum Gasteiger partial charge on any atom is -0.341 e. The molecular weight excluding hydrogens is 514 g/mol. The molecule has 0 unspecified atom stereocenters. The minimum atomic E-state index is -3.96. The van der Waals surface area contributed by atoms with Gasteiger partial charge in [-0.3, -0.25) is 14.2 Å². The van der Waals surface area contributed by atoms with Gasteiger partial charge in [-0.25, -0.2) is 23.4 Å². The number of carbonyl (C=O) groups excluding carboxylic acids is 1. The maximum atomic E-state index is 13.8. The molecule has 2 atom stereocenters. The zero-order valence-electron chi connectivity index (χ0n) is 21.2. The molecule has 0 aliphatic carbocycles. The van der Waals surface area contributed by atoms with Crippen molar-refractivity contribution in [1.29, 1.82) is 0 Å². The first-order valence-corrected chi connectivity index (χ1v) is 14.7. The summed E-state index contributed by atoms with van der Waals surface area (Å²) in [6, 6.07) is 1.73. The molecule has 0 spiro atoms. The number of aryl methyl sites for hydroxylation is 1. The third-order valence-electron chi connectivity index (χ3n) is 7.00. The van der Waals surface area contributed by atoms with E-state index in [1.165, 1.54) is 26.5 Å². The van der Waals surface area contributed by atoms with E-state index in [1.807, 2.05) is 4.90 Å². The van der Waals surface area contributed by atoms with Gasteiger partial charge < -0.3 is 9.80 Å². The second-order valence-corrected chi connectivity index (χ2v) is 13.1. The van der Waals surface area contributed by atoms with Crippen LogP contribution in [0.1, 0.15) is 25.1 Å². The fourth-order valence-corrected chi connectivity index (χ4v) is 8.45. The summed E-state index contributed by atoms with van der Waals surface area (Å²) < 4.78 is 30.2. The molecular formula is C24H31N7O4S2. The van der Waals surface area contributed by atoms with E-state index >= 15 is 0 Å². The Bertz CT molecular complexity index is 1450. The van der Waals surface area contributed by atoms with Crippen molar-refractivity contribution in [3.8, 4) is 0 Å². The number of carbonyl (C=O) groups is 1. The highest BCUT2D eigenvalue weighted by atomic mass is 32.2. The van der Waals surface area contributed by atoms with Crippen LogP contribution in [0.4, 0.5) is 5.95 Å². The number of thiophene rings is 1. The molecule has 3 aromatic rings. The van der Waals surface area contributed by atoms with Crippen molar-refractivity contribution in [2.75, 3.05) is 44.2 Å². The first kappa shape index (κ1) is 25.7. The molecule has 1 amide bonds. The number of amides is 1. The van der Waals surface area contributed by atoms with Gasteiger partial charge in [0.1, 0.15) is 16.3 Å². The lowest BCUT2D eigenvalue weighted by atomic mass is 9.92. The summed E-state index contributed by atoms with van der Waals surface area (Å²) in [4.78, 5) is 44.0. The fraction of sp³-hybridized carbons (Fsp3) is 0.542. The predicted octanol–water partition coefficient (Wildman–Crippen LogP) is 1.57. The molecule has 2 aliphatic heterocycles. The molecule has 0 bridgehead atoms. The van der Waals surface area contributed by atoms with Gasteiger partial charge in [-0.05, 0) is 31.2 Å². The standard InChI is InChI=1S/C24H31N7O4S2/c1-16-11-17(2)13-29(12-16)19(32)14-30-15-27-22-20(23(30)33)21(18(3)36-22)37(34,35)31-9-7-28(8-10-31)24-25-5-4-6-26-24/h4-6,15-17H,7-14H2,1-3H3/t16-,17+. The summed E-state index contributed by atoms with van der Waals surface area (Å²) in [5.74, 6) is 1.20. The van der Waals surface area contributed by atoms with Crippen molar-refractivity contribution in [3.63, 3.8) is 0 Å². The SMILES string of the molecule is Cc1sc2ncn(CC(=O)N3C[C@H](C)C[C@H](C)C3)c(=O)c2c1S(=O)(=O)N1CCN(c2ncccn2)CC1. The second-order valence-electron chi connectivity index (χ2n) is 10.0. The summed E-state index contributed by atoms with van der Waals surface area (Å²) in [6.07, 6.45) is 5.73. The second kappa shape index (κ2) is 10.1. The van der Waals surface area contributed by atoms with E-state index in [2.05, 4.69) is 28.8 Å². The van der Waals surface area contributed by atoms with Gasteiger partial charge in [-0.2, -0.15) is 4.31 Å². The normalized spacial score (nSPS) is 21.5. The number of nitrogens with zero attached hydrogens (tertiary/aromatic N) is 7. The van der Waals surface area contributed by atoms with Crippen molar-refractivity contribution >= 4 is 43.4 Å². The molecule has 11 nitrogen and oxygen atoms in total. The Kier molecular flexibility index (Phi) is 7.03. The Morgan fingerprint density at radius 1 is 1.05 bits per heavy atom. The van der Waals surface area contributed by atoms with Gasteiger partial charge in [0.2, 0.25) is 21.9 Å². The average molecular weight is 546 g/mol. The summed E-state index contributed by atoms with van der Waals surface area (Å²) in [5, 5.41) is 0.0620. The van der Waals surface area contributed by atoms with Crippen LogP contribution in [-0.4, -0.2) is 82.3 Å². The molecule has 3 aromatic heterocycles. The van der Waals surface area contributed by atoms with Gasteiger partial charge in [0, 0.05) is 56.5 Å². The quantitative estimate of drug-likeness (QED) is 0.474. The van der Waals surface area contributed by atoms with Crippen LogP contribution >= 0.6 is 11.3 Å². The zero-order valence-corrected chi connectivity index (χ0v) is 22.8. The topological polar surface area (TPSA) is 122 Å². The molecule has 0 saturated carbocycles. The van der Waals surface area contributed by atoms with Crippen molar-refractivity contribution in [2.45, 2.75) is 38.6 Å². The lowest BCUT2D eigenvalue weighted by Gasteiger charge is -2.35. The van der Waals surface area contributed by atoms with Crippen LogP contribution in [0.3, 0.4) is 0 Å². The van der Waals surface area contributed by atoms with Crippen molar-refractivity contribution in [3.05, 3.63) is 40.0 Å².